The SMILES string of the molecule is C[C@@H](NC(=O)c1ccccc1)c1ccncc1. The lowest BCUT2D eigenvalue weighted by Crippen LogP contribution is -2.26. The number of pyridine rings is 1. The molecule has 1 amide bonds. The minimum Gasteiger partial charge on any atom is -0.346 e. The molecular formula is C14H14N2O. The van der Waals surface area contributed by atoms with Crippen LogP contribution in [0.4, 0.5) is 0 Å². The second kappa shape index (κ2) is 5.25. The normalized spacial score (nSPS) is 11.8. The molecule has 3 heteroatoms. The molecule has 0 bridgehead atoms. The zero-order valence-corrected chi connectivity index (χ0v) is 9.63. The summed E-state index contributed by atoms with van der Waals surface area (Å²) in [6.45, 7) is 1.95. The maximum absolute atomic E-state index is 11.9. The summed E-state index contributed by atoms with van der Waals surface area (Å²) >= 11 is 0. The largest absolute Gasteiger partial charge is 0.346 e. The molecule has 0 fully saturated rings. The molecule has 0 unspecified atom stereocenters. The van der Waals surface area contributed by atoms with Crippen LogP contribution in [0.2, 0.25) is 0 Å². The fourth-order valence-electron chi connectivity index (χ4n) is 1.60. The Morgan fingerprint density at radius 3 is 2.41 bits per heavy atom. The Morgan fingerprint density at radius 2 is 1.76 bits per heavy atom. The lowest BCUT2D eigenvalue weighted by Gasteiger charge is -2.13. The van der Waals surface area contributed by atoms with Gasteiger partial charge in [0.15, 0.2) is 0 Å². The van der Waals surface area contributed by atoms with Crippen molar-refractivity contribution in [3.63, 3.8) is 0 Å². The summed E-state index contributed by atoms with van der Waals surface area (Å²) in [5.74, 6) is -0.0603. The fraction of sp³-hybridized carbons (Fsp3) is 0.143. The van der Waals surface area contributed by atoms with Gasteiger partial charge in [0, 0.05) is 18.0 Å². The van der Waals surface area contributed by atoms with Gasteiger partial charge in [-0.2, -0.15) is 0 Å². The van der Waals surface area contributed by atoms with E-state index in [9.17, 15) is 4.79 Å². The molecule has 3 nitrogen and oxygen atoms in total. The molecular weight excluding hydrogens is 212 g/mol. The van der Waals surface area contributed by atoms with Crippen molar-refractivity contribution in [2.24, 2.45) is 0 Å². The Kier molecular flexibility index (Phi) is 3.50. The van der Waals surface area contributed by atoms with E-state index in [1.54, 1.807) is 24.5 Å². The van der Waals surface area contributed by atoms with E-state index in [0.29, 0.717) is 5.56 Å². The summed E-state index contributed by atoms with van der Waals surface area (Å²) in [5.41, 5.74) is 1.72. The first-order chi connectivity index (χ1) is 8.27. The predicted octanol–water partition coefficient (Wildman–Crippen LogP) is 2.57. The van der Waals surface area contributed by atoms with E-state index in [4.69, 9.17) is 0 Å². The van der Waals surface area contributed by atoms with Gasteiger partial charge >= 0.3 is 0 Å². The molecule has 0 saturated carbocycles. The summed E-state index contributed by atoms with van der Waals surface area (Å²) in [7, 11) is 0. The third kappa shape index (κ3) is 2.91. The van der Waals surface area contributed by atoms with Gasteiger partial charge < -0.3 is 5.32 Å². The minimum absolute atomic E-state index is 0.0225. The average Bonchev–Trinajstić information content (AvgIpc) is 2.40. The molecule has 0 aliphatic carbocycles. The second-order valence-corrected chi connectivity index (χ2v) is 3.84. The maximum Gasteiger partial charge on any atom is 0.251 e. The van der Waals surface area contributed by atoms with Gasteiger partial charge in [-0.25, -0.2) is 0 Å². The monoisotopic (exact) mass is 226 g/mol. The summed E-state index contributed by atoms with van der Waals surface area (Å²) in [4.78, 5) is 15.9. The van der Waals surface area contributed by atoms with Crippen LogP contribution in [0.15, 0.2) is 54.9 Å². The molecule has 1 atom stereocenters. The third-order valence-electron chi connectivity index (χ3n) is 2.59. The van der Waals surface area contributed by atoms with Crippen molar-refractivity contribution in [1.82, 2.24) is 10.3 Å². The molecule has 0 spiro atoms. The summed E-state index contributed by atoms with van der Waals surface area (Å²) in [6.07, 6.45) is 3.45. The molecule has 0 aliphatic rings. The van der Waals surface area contributed by atoms with Crippen LogP contribution in [0.5, 0.6) is 0 Å². The van der Waals surface area contributed by atoms with Gasteiger partial charge in [0.25, 0.3) is 5.91 Å². The van der Waals surface area contributed by atoms with Gasteiger partial charge in [-0.3, -0.25) is 9.78 Å². The quantitative estimate of drug-likeness (QED) is 0.874. The van der Waals surface area contributed by atoms with Crippen molar-refractivity contribution >= 4 is 5.91 Å². The van der Waals surface area contributed by atoms with Crippen molar-refractivity contribution in [2.75, 3.05) is 0 Å². The van der Waals surface area contributed by atoms with Gasteiger partial charge in [-0.1, -0.05) is 18.2 Å². The molecule has 1 aromatic heterocycles. The number of nitrogens with one attached hydrogen (secondary N) is 1. The summed E-state index contributed by atoms with van der Waals surface area (Å²) in [5, 5.41) is 2.95. The Morgan fingerprint density at radius 1 is 1.12 bits per heavy atom. The number of carbonyl (C=O) groups is 1. The van der Waals surface area contributed by atoms with Crippen molar-refractivity contribution in [2.45, 2.75) is 13.0 Å². The van der Waals surface area contributed by atoms with Crippen LogP contribution in [0.1, 0.15) is 28.9 Å². The Balaban J connectivity index is 2.05. The lowest BCUT2D eigenvalue weighted by atomic mass is 10.1. The predicted molar refractivity (Wildman–Crippen MR) is 66.6 cm³/mol. The van der Waals surface area contributed by atoms with E-state index in [1.165, 1.54) is 0 Å². The Labute approximate surface area is 101 Å². The van der Waals surface area contributed by atoms with Gasteiger partial charge in [-0.05, 0) is 36.8 Å². The number of aromatic nitrogens is 1. The first kappa shape index (κ1) is 11.3. The van der Waals surface area contributed by atoms with Crippen LogP contribution in [0.3, 0.4) is 0 Å². The number of carbonyl (C=O) groups excluding carboxylic acids is 1. The molecule has 0 radical (unpaired) electrons. The molecule has 1 heterocycles. The fourth-order valence-corrected chi connectivity index (χ4v) is 1.60. The average molecular weight is 226 g/mol. The Hall–Kier alpha value is -2.16. The lowest BCUT2D eigenvalue weighted by molar-refractivity contribution is 0.0940. The van der Waals surface area contributed by atoms with Crippen LogP contribution in [-0.2, 0) is 0 Å². The van der Waals surface area contributed by atoms with Crippen molar-refractivity contribution < 1.29 is 4.79 Å². The number of rotatable bonds is 3. The van der Waals surface area contributed by atoms with Gasteiger partial charge in [0.2, 0.25) is 0 Å². The van der Waals surface area contributed by atoms with E-state index >= 15 is 0 Å². The molecule has 86 valence electrons. The highest BCUT2D eigenvalue weighted by molar-refractivity contribution is 5.94. The summed E-state index contributed by atoms with van der Waals surface area (Å²) in [6, 6.07) is 13.0. The van der Waals surface area contributed by atoms with E-state index in [2.05, 4.69) is 10.3 Å². The smallest absolute Gasteiger partial charge is 0.251 e. The van der Waals surface area contributed by atoms with Crippen molar-refractivity contribution in [3.8, 4) is 0 Å². The number of nitrogens with zero attached hydrogens (tertiary/aromatic N) is 1. The van der Waals surface area contributed by atoms with Crippen LogP contribution in [0.25, 0.3) is 0 Å². The maximum atomic E-state index is 11.9. The minimum atomic E-state index is -0.0603. The van der Waals surface area contributed by atoms with Gasteiger partial charge in [0.1, 0.15) is 0 Å². The zero-order valence-electron chi connectivity index (χ0n) is 9.63. The van der Waals surface area contributed by atoms with Crippen molar-refractivity contribution in [1.29, 1.82) is 0 Å². The number of amides is 1. The molecule has 1 N–H and O–H groups in total. The molecule has 0 aliphatic heterocycles. The molecule has 1 aromatic carbocycles. The standard InChI is InChI=1S/C14H14N2O/c1-11(12-7-9-15-10-8-12)16-14(17)13-5-3-2-4-6-13/h2-11H,1H3,(H,16,17)/t11-/m1/s1. The van der Waals surface area contributed by atoms with Crippen LogP contribution >= 0.6 is 0 Å². The van der Waals surface area contributed by atoms with Gasteiger partial charge in [0.05, 0.1) is 6.04 Å². The van der Waals surface area contributed by atoms with E-state index in [0.717, 1.165) is 5.56 Å². The van der Waals surface area contributed by atoms with E-state index in [1.807, 2.05) is 37.3 Å². The van der Waals surface area contributed by atoms with E-state index < -0.39 is 0 Å². The van der Waals surface area contributed by atoms with Crippen molar-refractivity contribution in [3.05, 3.63) is 66.0 Å². The highest BCUT2D eigenvalue weighted by atomic mass is 16.1. The van der Waals surface area contributed by atoms with Crippen LogP contribution in [-0.4, -0.2) is 10.9 Å². The number of hydrogen-bond donors (Lipinski definition) is 1. The number of hydrogen-bond acceptors (Lipinski definition) is 2. The molecule has 0 saturated heterocycles. The zero-order chi connectivity index (χ0) is 12.1. The Bertz CT molecular complexity index is 482. The first-order valence-corrected chi connectivity index (χ1v) is 5.53. The van der Waals surface area contributed by atoms with Crippen LogP contribution < -0.4 is 5.32 Å². The highest BCUT2D eigenvalue weighted by Gasteiger charge is 2.10. The topological polar surface area (TPSA) is 42.0 Å². The first-order valence-electron chi connectivity index (χ1n) is 5.53. The number of benzene rings is 1. The molecule has 2 rings (SSSR count). The highest BCUT2D eigenvalue weighted by Crippen LogP contribution is 2.11. The van der Waals surface area contributed by atoms with Crippen LogP contribution in [0, 0.1) is 0 Å². The van der Waals surface area contributed by atoms with Gasteiger partial charge in [-0.15, -0.1) is 0 Å². The second-order valence-electron chi connectivity index (χ2n) is 3.84. The third-order valence-corrected chi connectivity index (χ3v) is 2.59. The molecule has 17 heavy (non-hydrogen) atoms. The van der Waals surface area contributed by atoms with E-state index in [-0.39, 0.29) is 11.9 Å². The molecule has 2 aromatic rings. The summed E-state index contributed by atoms with van der Waals surface area (Å²) < 4.78 is 0.